The summed E-state index contributed by atoms with van der Waals surface area (Å²) in [6.45, 7) is 0. The first kappa shape index (κ1) is 4.30. The molecule has 0 amide bonds. The van der Waals surface area contributed by atoms with Crippen LogP contribution < -0.4 is 0 Å². The zero-order chi connectivity index (χ0) is 4.57. The van der Waals surface area contributed by atoms with Crippen LogP contribution in [0.3, 0.4) is 0 Å². The molecule has 0 spiro atoms. The number of hydrogen-bond acceptors (Lipinski definition) is 2. The van der Waals surface area contributed by atoms with E-state index in [0.29, 0.717) is 0 Å². The minimum atomic E-state index is -1.59. The van der Waals surface area contributed by atoms with E-state index in [9.17, 15) is 4.39 Å². The molecule has 1 aliphatic rings. The third-order valence-electron chi connectivity index (χ3n) is 0.358. The largest absolute Gasteiger partial charge is 0.341 e. The predicted molar refractivity (Wildman–Crippen MR) is 16.2 cm³/mol. The van der Waals surface area contributed by atoms with E-state index >= 15 is 0 Å². The first-order valence-corrected chi connectivity index (χ1v) is 1.74. The Kier molecular flexibility index (Phi) is 0.954. The molecule has 0 aromatic carbocycles. The van der Waals surface area contributed by atoms with Gasteiger partial charge in [-0.05, 0) is 0 Å². The van der Waals surface area contributed by atoms with Gasteiger partial charge < -0.3 is 0 Å². The second-order valence-electron chi connectivity index (χ2n) is 0.786. The van der Waals surface area contributed by atoms with Crippen molar-refractivity contribution in [1.82, 2.24) is 0 Å². The van der Waals surface area contributed by atoms with Crippen molar-refractivity contribution in [3.63, 3.8) is 0 Å². The van der Waals surface area contributed by atoms with E-state index in [4.69, 9.17) is 11.6 Å². The standard InChI is InChI=1S/C2HClFO2/c3-1(4)2-5-6-2/h1H. The molecule has 1 atom stereocenters. The molecule has 6 heavy (non-hydrogen) atoms. The Hall–Kier alpha value is 0.140. The van der Waals surface area contributed by atoms with E-state index in [0.717, 1.165) is 0 Å². The zero-order valence-corrected chi connectivity index (χ0v) is 3.41. The maximum absolute atomic E-state index is 11.4. The molecule has 0 bridgehead atoms. The van der Waals surface area contributed by atoms with Crippen LogP contribution in [0, 0.1) is 6.29 Å². The second-order valence-corrected chi connectivity index (χ2v) is 1.17. The fourth-order valence-electron chi connectivity index (χ4n) is 0.0968. The monoisotopic (exact) mass is 111 g/mol. The molecule has 4 heteroatoms. The van der Waals surface area contributed by atoms with Gasteiger partial charge in [0.05, 0.1) is 0 Å². The molecule has 1 heterocycles. The van der Waals surface area contributed by atoms with Crippen LogP contribution in [0.5, 0.6) is 0 Å². The smallest absolute Gasteiger partial charge is 0.223 e. The van der Waals surface area contributed by atoms with E-state index in [1.54, 1.807) is 0 Å². The Morgan fingerprint density at radius 2 is 2.17 bits per heavy atom. The number of halogens is 2. The molecular weight excluding hydrogens is 110 g/mol. The quantitative estimate of drug-likeness (QED) is 0.286. The summed E-state index contributed by atoms with van der Waals surface area (Å²) < 4.78 is 11.4. The van der Waals surface area contributed by atoms with Crippen LogP contribution in [-0.2, 0) is 9.78 Å². The maximum atomic E-state index is 11.4. The molecule has 1 unspecified atom stereocenters. The number of rotatable bonds is 1. The van der Waals surface area contributed by atoms with Crippen molar-refractivity contribution in [2.45, 2.75) is 5.63 Å². The van der Waals surface area contributed by atoms with Crippen LogP contribution in [0.15, 0.2) is 0 Å². The Bertz CT molecular complexity index is 53.5. The van der Waals surface area contributed by atoms with E-state index in [1.807, 2.05) is 0 Å². The highest BCUT2D eigenvalue weighted by Crippen LogP contribution is 2.30. The first-order chi connectivity index (χ1) is 2.80. The molecule has 0 aromatic heterocycles. The van der Waals surface area contributed by atoms with Crippen LogP contribution in [0.4, 0.5) is 4.39 Å². The van der Waals surface area contributed by atoms with Crippen LogP contribution >= 0.6 is 11.6 Å². The fraction of sp³-hybridized carbons (Fsp3) is 0.500. The van der Waals surface area contributed by atoms with Crippen molar-refractivity contribution in [2.24, 2.45) is 0 Å². The SMILES string of the molecule is FC(Cl)[C]1OO1. The lowest BCUT2D eigenvalue weighted by Gasteiger charge is -1.76. The van der Waals surface area contributed by atoms with Gasteiger partial charge in [0, 0.05) is 0 Å². The predicted octanol–water partition coefficient (Wildman–Crippen LogP) is 0.972. The highest BCUT2D eigenvalue weighted by Gasteiger charge is 2.37. The van der Waals surface area contributed by atoms with Crippen molar-refractivity contribution in [1.29, 1.82) is 0 Å². The van der Waals surface area contributed by atoms with Gasteiger partial charge in [-0.1, -0.05) is 11.6 Å². The Balaban J connectivity index is 2.13. The minimum Gasteiger partial charge on any atom is -0.223 e. The minimum absolute atomic E-state index is 0.142. The average molecular weight is 111 g/mol. The summed E-state index contributed by atoms with van der Waals surface area (Å²) >= 11 is 4.72. The van der Waals surface area contributed by atoms with Crippen molar-refractivity contribution in [2.75, 3.05) is 0 Å². The van der Waals surface area contributed by atoms with Crippen LogP contribution in [0.25, 0.3) is 0 Å². The van der Waals surface area contributed by atoms with Gasteiger partial charge in [0.2, 0.25) is 5.63 Å². The van der Waals surface area contributed by atoms with Gasteiger partial charge >= 0.3 is 6.29 Å². The molecule has 0 aliphatic carbocycles. The van der Waals surface area contributed by atoms with Gasteiger partial charge in [-0.2, -0.15) is 9.78 Å². The molecule has 0 aromatic rings. The zero-order valence-electron chi connectivity index (χ0n) is 2.65. The molecule has 1 rings (SSSR count). The van der Waals surface area contributed by atoms with Crippen molar-refractivity contribution >= 4 is 11.6 Å². The molecule has 0 saturated carbocycles. The Labute approximate surface area is 38.7 Å². The molecule has 1 aliphatic heterocycles. The van der Waals surface area contributed by atoms with Crippen LogP contribution in [0.2, 0.25) is 0 Å². The molecule has 35 valence electrons. The molecule has 2 nitrogen and oxygen atoms in total. The van der Waals surface area contributed by atoms with E-state index in [-0.39, 0.29) is 6.29 Å². The molecule has 1 fully saturated rings. The van der Waals surface area contributed by atoms with Crippen LogP contribution in [0.1, 0.15) is 0 Å². The van der Waals surface area contributed by atoms with Gasteiger partial charge in [0.25, 0.3) is 0 Å². The fourth-order valence-corrected chi connectivity index (χ4v) is 0.170. The Morgan fingerprint density at radius 3 is 2.17 bits per heavy atom. The lowest BCUT2D eigenvalue weighted by atomic mass is 10.8. The second kappa shape index (κ2) is 1.33. The van der Waals surface area contributed by atoms with E-state index in [2.05, 4.69) is 9.78 Å². The topological polar surface area (TPSA) is 25.1 Å². The highest BCUT2D eigenvalue weighted by molar-refractivity contribution is 6.20. The number of hydrogen-bond donors (Lipinski definition) is 0. The van der Waals surface area contributed by atoms with Gasteiger partial charge in [-0.3, -0.25) is 0 Å². The lowest BCUT2D eigenvalue weighted by Crippen LogP contribution is -1.86. The Morgan fingerprint density at radius 1 is 1.67 bits per heavy atom. The average Bonchev–Trinajstić information content (AvgIpc) is 2.06. The summed E-state index contributed by atoms with van der Waals surface area (Å²) in [6, 6.07) is 0. The van der Waals surface area contributed by atoms with E-state index in [1.165, 1.54) is 0 Å². The summed E-state index contributed by atoms with van der Waals surface area (Å²) in [5.41, 5.74) is -1.59. The summed E-state index contributed by atoms with van der Waals surface area (Å²) in [5, 5.41) is 0. The lowest BCUT2D eigenvalue weighted by molar-refractivity contribution is 0.0850. The molecular formula is C2HClFO2. The van der Waals surface area contributed by atoms with Gasteiger partial charge in [-0.15, -0.1) is 0 Å². The van der Waals surface area contributed by atoms with E-state index < -0.39 is 5.63 Å². The number of alkyl halides is 2. The van der Waals surface area contributed by atoms with Crippen molar-refractivity contribution in [3.05, 3.63) is 6.29 Å². The normalized spacial score (nSPS) is 27.0. The van der Waals surface area contributed by atoms with Gasteiger partial charge in [0.1, 0.15) is 0 Å². The summed E-state index contributed by atoms with van der Waals surface area (Å²) in [7, 11) is 0. The van der Waals surface area contributed by atoms with Crippen molar-refractivity contribution < 1.29 is 14.2 Å². The maximum Gasteiger partial charge on any atom is 0.341 e. The molecule has 1 radical (unpaired) electrons. The van der Waals surface area contributed by atoms with Gasteiger partial charge in [0.15, 0.2) is 0 Å². The van der Waals surface area contributed by atoms with Crippen LogP contribution in [-0.4, -0.2) is 5.63 Å². The molecule has 0 N–H and O–H groups in total. The first-order valence-electron chi connectivity index (χ1n) is 1.30. The third-order valence-corrected chi connectivity index (χ3v) is 0.536. The summed E-state index contributed by atoms with van der Waals surface area (Å²) in [4.78, 5) is 7.76. The van der Waals surface area contributed by atoms with Gasteiger partial charge in [-0.25, -0.2) is 4.39 Å². The summed E-state index contributed by atoms with van der Waals surface area (Å²) in [5.74, 6) is 0. The molecule has 1 saturated heterocycles. The summed E-state index contributed by atoms with van der Waals surface area (Å²) in [6.07, 6.45) is -0.142. The third kappa shape index (κ3) is 0.801. The highest BCUT2D eigenvalue weighted by atomic mass is 35.5. The van der Waals surface area contributed by atoms with Crippen molar-refractivity contribution in [3.8, 4) is 0 Å².